The number of hydrogen-bond acceptors (Lipinski definition) is 1. The van der Waals surface area contributed by atoms with Crippen molar-refractivity contribution in [2.24, 2.45) is 5.92 Å². The number of rotatable bonds is 8. The molecule has 1 fully saturated rings. The summed E-state index contributed by atoms with van der Waals surface area (Å²) in [5, 5.41) is 2.33. The molecule has 9 aromatic rings. The second kappa shape index (κ2) is 13.3. The molecule has 11 rings (SSSR count). The van der Waals surface area contributed by atoms with E-state index in [2.05, 4.69) is 203 Å². The molecule has 1 heterocycles. The molecule has 1 nitrogen and oxygen atoms in total. The summed E-state index contributed by atoms with van der Waals surface area (Å²) in [7, 11) is 0. The highest BCUT2D eigenvalue weighted by Crippen LogP contribution is 2.64. The molecule has 3 atom stereocenters. The van der Waals surface area contributed by atoms with E-state index < -0.39 is 0 Å². The zero-order chi connectivity index (χ0) is 39.0. The zero-order valence-electron chi connectivity index (χ0n) is 33.4. The number of benzene rings is 8. The number of fused-ring (bicyclic) bond motifs is 6. The third kappa shape index (κ3) is 5.30. The molecular formula is C57H46O. The highest BCUT2D eigenvalue weighted by Gasteiger charge is 2.56. The molecule has 1 aromatic heterocycles. The summed E-state index contributed by atoms with van der Waals surface area (Å²) in [6, 6.07) is 70.4. The average molecular weight is 747 g/mol. The van der Waals surface area contributed by atoms with Gasteiger partial charge in [-0.25, -0.2) is 0 Å². The molecule has 1 saturated carbocycles. The predicted octanol–water partition coefficient (Wildman–Crippen LogP) is 14.9. The van der Waals surface area contributed by atoms with Crippen molar-refractivity contribution in [2.75, 3.05) is 0 Å². The van der Waals surface area contributed by atoms with E-state index >= 15 is 0 Å². The lowest BCUT2D eigenvalue weighted by molar-refractivity contribution is 0.446. The quantitative estimate of drug-likeness (QED) is 0.151. The number of para-hydroxylation sites is 2. The van der Waals surface area contributed by atoms with Crippen LogP contribution in [-0.4, -0.2) is 0 Å². The molecule has 0 N–H and O–H groups in total. The van der Waals surface area contributed by atoms with E-state index in [1.807, 2.05) is 6.07 Å². The molecule has 8 aromatic carbocycles. The first-order valence-corrected chi connectivity index (χ1v) is 20.9. The Labute approximate surface area is 341 Å². The maximum Gasteiger partial charge on any atom is 0.143 e. The Kier molecular flexibility index (Phi) is 7.99. The van der Waals surface area contributed by atoms with Crippen molar-refractivity contribution in [3.8, 4) is 33.4 Å². The third-order valence-electron chi connectivity index (χ3n) is 13.7. The third-order valence-corrected chi connectivity index (χ3v) is 13.7. The van der Waals surface area contributed by atoms with Gasteiger partial charge in [0.2, 0.25) is 0 Å². The molecule has 0 bridgehead atoms. The van der Waals surface area contributed by atoms with Crippen LogP contribution in [-0.2, 0) is 17.3 Å². The van der Waals surface area contributed by atoms with E-state index in [1.165, 1.54) is 66.8 Å². The van der Waals surface area contributed by atoms with Crippen molar-refractivity contribution in [2.45, 2.75) is 50.4 Å². The molecule has 280 valence electrons. The minimum Gasteiger partial charge on any atom is -0.455 e. The first-order valence-electron chi connectivity index (χ1n) is 20.9. The highest BCUT2D eigenvalue weighted by molar-refractivity contribution is 6.09. The number of hydrogen-bond donors (Lipinski definition) is 0. The fourth-order valence-corrected chi connectivity index (χ4v) is 10.8. The molecule has 2 aliphatic carbocycles. The van der Waals surface area contributed by atoms with Crippen molar-refractivity contribution in [1.82, 2.24) is 0 Å². The number of aryl methyl sites for hydroxylation is 1. The lowest BCUT2D eigenvalue weighted by Crippen LogP contribution is -2.33. The maximum absolute atomic E-state index is 6.44. The Morgan fingerprint density at radius 1 is 0.534 bits per heavy atom. The topological polar surface area (TPSA) is 13.1 Å². The molecule has 0 amide bonds. The standard InChI is InChI=1S/C57H46O/c1-37(2)57(45-29-20-38(3)21-30-45)51-18-9-7-14-47(51)48-33-28-43(34-52(48)57)53-36-56(53,44-31-26-41(27-32-44)40-12-5-4-6-13-40)35-39-22-24-42(25-23-39)46-16-11-17-50-49-15-8-10-19-54(49)58-55(46)50/h4-34,37,53H,35-36H2,1-3H3. The van der Waals surface area contributed by atoms with Gasteiger partial charge in [-0.3, -0.25) is 0 Å². The van der Waals surface area contributed by atoms with Gasteiger partial charge in [0.25, 0.3) is 0 Å². The van der Waals surface area contributed by atoms with Gasteiger partial charge in [-0.1, -0.05) is 201 Å². The minimum absolute atomic E-state index is 0.0144. The molecule has 0 aliphatic heterocycles. The van der Waals surface area contributed by atoms with Gasteiger partial charge in [-0.05, 0) is 98.9 Å². The fraction of sp³-hybridized carbons (Fsp3) is 0.158. The van der Waals surface area contributed by atoms with Crippen LogP contribution in [0.15, 0.2) is 192 Å². The molecule has 2 aliphatic rings. The summed E-state index contributed by atoms with van der Waals surface area (Å²) in [5.41, 5.74) is 19.0. The van der Waals surface area contributed by atoms with Crippen LogP contribution in [0.3, 0.4) is 0 Å². The van der Waals surface area contributed by atoms with E-state index in [0.29, 0.717) is 11.8 Å². The van der Waals surface area contributed by atoms with Crippen LogP contribution < -0.4 is 0 Å². The van der Waals surface area contributed by atoms with Gasteiger partial charge in [0.1, 0.15) is 11.2 Å². The Balaban J connectivity index is 1.00. The Hall–Kier alpha value is -6.44. The van der Waals surface area contributed by atoms with Crippen molar-refractivity contribution >= 4 is 21.9 Å². The van der Waals surface area contributed by atoms with Crippen molar-refractivity contribution in [3.05, 3.63) is 227 Å². The smallest absolute Gasteiger partial charge is 0.143 e. The van der Waals surface area contributed by atoms with Crippen molar-refractivity contribution in [1.29, 1.82) is 0 Å². The molecular weight excluding hydrogens is 701 g/mol. The summed E-state index contributed by atoms with van der Waals surface area (Å²) in [4.78, 5) is 0. The maximum atomic E-state index is 6.44. The van der Waals surface area contributed by atoms with Gasteiger partial charge in [0.05, 0.1) is 0 Å². The normalized spacial score (nSPS) is 19.4. The Morgan fingerprint density at radius 3 is 1.97 bits per heavy atom. The van der Waals surface area contributed by atoms with Crippen molar-refractivity contribution in [3.63, 3.8) is 0 Å². The second-order valence-electron chi connectivity index (χ2n) is 17.2. The molecule has 1 heteroatoms. The minimum atomic E-state index is -0.219. The molecule has 3 unspecified atom stereocenters. The van der Waals surface area contributed by atoms with Crippen LogP contribution >= 0.6 is 0 Å². The van der Waals surface area contributed by atoms with Crippen LogP contribution in [0.5, 0.6) is 0 Å². The number of furan rings is 1. The first kappa shape index (κ1) is 34.8. The molecule has 0 radical (unpaired) electrons. The monoisotopic (exact) mass is 746 g/mol. The lowest BCUT2D eigenvalue weighted by Gasteiger charge is -2.37. The van der Waals surface area contributed by atoms with Crippen LogP contribution in [0.4, 0.5) is 0 Å². The molecule has 0 spiro atoms. The van der Waals surface area contributed by atoms with Gasteiger partial charge in [0.15, 0.2) is 0 Å². The summed E-state index contributed by atoms with van der Waals surface area (Å²) in [5.74, 6) is 0.766. The summed E-state index contributed by atoms with van der Waals surface area (Å²) < 4.78 is 6.44. The molecule has 0 saturated heterocycles. The highest BCUT2D eigenvalue weighted by atomic mass is 16.3. The van der Waals surface area contributed by atoms with Gasteiger partial charge in [-0.2, -0.15) is 0 Å². The summed E-state index contributed by atoms with van der Waals surface area (Å²) >= 11 is 0. The lowest BCUT2D eigenvalue weighted by atomic mass is 9.65. The van der Waals surface area contributed by atoms with Crippen LogP contribution in [0.2, 0.25) is 0 Å². The largest absolute Gasteiger partial charge is 0.455 e. The Morgan fingerprint density at radius 2 is 1.17 bits per heavy atom. The van der Waals surface area contributed by atoms with Crippen LogP contribution in [0.1, 0.15) is 65.1 Å². The van der Waals surface area contributed by atoms with E-state index in [9.17, 15) is 0 Å². The van der Waals surface area contributed by atoms with E-state index in [-0.39, 0.29) is 10.8 Å². The van der Waals surface area contributed by atoms with Crippen LogP contribution in [0.25, 0.3) is 55.3 Å². The summed E-state index contributed by atoms with van der Waals surface area (Å²) in [6.07, 6.45) is 2.09. The first-order chi connectivity index (χ1) is 28.4. The Bertz CT molecular complexity index is 2970. The van der Waals surface area contributed by atoms with E-state index in [1.54, 1.807) is 0 Å². The van der Waals surface area contributed by atoms with E-state index in [4.69, 9.17) is 4.42 Å². The van der Waals surface area contributed by atoms with Crippen molar-refractivity contribution < 1.29 is 4.42 Å². The predicted molar refractivity (Wildman–Crippen MR) is 242 cm³/mol. The van der Waals surface area contributed by atoms with Gasteiger partial charge >= 0.3 is 0 Å². The fourth-order valence-electron chi connectivity index (χ4n) is 10.8. The van der Waals surface area contributed by atoms with E-state index in [0.717, 1.165) is 40.3 Å². The summed E-state index contributed by atoms with van der Waals surface area (Å²) in [6.45, 7) is 7.01. The molecule has 58 heavy (non-hydrogen) atoms. The van der Waals surface area contributed by atoms with Gasteiger partial charge in [-0.15, -0.1) is 0 Å². The second-order valence-corrected chi connectivity index (χ2v) is 17.2. The van der Waals surface area contributed by atoms with Gasteiger partial charge in [0, 0.05) is 27.2 Å². The van der Waals surface area contributed by atoms with Crippen LogP contribution in [0, 0.1) is 12.8 Å². The zero-order valence-corrected chi connectivity index (χ0v) is 33.4. The average Bonchev–Trinajstić information content (AvgIpc) is 3.75. The SMILES string of the molecule is Cc1ccc(C2(C(C)C)c3ccccc3-c3ccc(C4CC4(Cc4ccc(-c5cccc6c5oc5ccccc56)cc4)c4ccc(-c5ccccc5)cc4)cc32)cc1. The van der Waals surface area contributed by atoms with Gasteiger partial charge < -0.3 is 4.42 Å².